The molecule has 0 spiro atoms. The zero-order valence-corrected chi connectivity index (χ0v) is 8.33. The normalized spacial score (nSPS) is 27.1. The van der Waals surface area contributed by atoms with E-state index >= 15 is 0 Å². The molecule has 0 bridgehead atoms. The maximum atomic E-state index is 5.60. The molecule has 2 rings (SSSR count). The quantitative estimate of drug-likeness (QED) is 0.721. The van der Waals surface area contributed by atoms with Gasteiger partial charge in [-0.3, -0.25) is 0 Å². The molecule has 1 saturated carbocycles. The summed E-state index contributed by atoms with van der Waals surface area (Å²) in [5, 5.41) is 0. The maximum absolute atomic E-state index is 5.60. The van der Waals surface area contributed by atoms with Gasteiger partial charge in [0.25, 0.3) is 0 Å². The molecule has 1 aliphatic carbocycles. The highest BCUT2D eigenvalue weighted by Crippen LogP contribution is 2.33. The number of hydrogen-bond acceptors (Lipinski definition) is 1. The van der Waals surface area contributed by atoms with Crippen LogP contribution >= 0.6 is 15.9 Å². The van der Waals surface area contributed by atoms with Crippen molar-refractivity contribution in [2.24, 2.45) is 0 Å². The van der Waals surface area contributed by atoms with Gasteiger partial charge in [-0.15, -0.1) is 0 Å². The van der Waals surface area contributed by atoms with Crippen LogP contribution in [0, 0.1) is 0 Å². The minimum absolute atomic E-state index is 0.449. The molecule has 64 valence electrons. The average molecular weight is 227 g/mol. The molecule has 0 radical (unpaired) electrons. The number of ether oxygens (including phenoxy) is 1. The van der Waals surface area contributed by atoms with Crippen LogP contribution in [0.1, 0.15) is 12.0 Å². The van der Waals surface area contributed by atoms with Crippen molar-refractivity contribution in [3.8, 4) is 0 Å². The largest absolute Gasteiger partial charge is 0.372 e. The molecular formula is C10H11BrO. The average Bonchev–Trinajstić information content (AvgIpc) is 2.81. The predicted octanol–water partition coefficient (Wildman–Crippen LogP) is 2.74. The summed E-state index contributed by atoms with van der Waals surface area (Å²) in [6.45, 7) is 0.744. The van der Waals surface area contributed by atoms with Crippen molar-refractivity contribution in [1.82, 2.24) is 0 Å². The fourth-order valence-corrected chi connectivity index (χ4v) is 1.61. The number of halogens is 1. The molecule has 2 atom stereocenters. The van der Waals surface area contributed by atoms with E-state index in [1.807, 2.05) is 18.2 Å². The maximum Gasteiger partial charge on any atom is 0.0721 e. The summed E-state index contributed by atoms with van der Waals surface area (Å²) in [5.74, 6) is 0. The fourth-order valence-electron chi connectivity index (χ4n) is 1.09. The van der Waals surface area contributed by atoms with Crippen molar-refractivity contribution in [3.05, 3.63) is 35.9 Å². The molecule has 0 N–H and O–H groups in total. The molecular weight excluding hydrogens is 216 g/mol. The van der Waals surface area contributed by atoms with Gasteiger partial charge < -0.3 is 4.74 Å². The highest BCUT2D eigenvalue weighted by molar-refractivity contribution is 9.09. The van der Waals surface area contributed by atoms with E-state index in [0.717, 1.165) is 13.0 Å². The molecule has 12 heavy (non-hydrogen) atoms. The van der Waals surface area contributed by atoms with Gasteiger partial charge in [-0.2, -0.15) is 0 Å². The van der Waals surface area contributed by atoms with E-state index < -0.39 is 0 Å². The summed E-state index contributed by atoms with van der Waals surface area (Å²) < 4.78 is 5.60. The molecule has 2 heteroatoms. The third-order valence-electron chi connectivity index (χ3n) is 1.96. The van der Waals surface area contributed by atoms with Crippen molar-refractivity contribution in [2.45, 2.75) is 24.0 Å². The zero-order valence-electron chi connectivity index (χ0n) is 6.74. The molecule has 0 aliphatic heterocycles. The van der Waals surface area contributed by atoms with Crippen LogP contribution in [0.5, 0.6) is 0 Å². The molecule has 2 unspecified atom stereocenters. The van der Waals surface area contributed by atoms with Gasteiger partial charge in [0.15, 0.2) is 0 Å². The van der Waals surface area contributed by atoms with Crippen LogP contribution in [-0.4, -0.2) is 10.9 Å². The first-order valence-corrected chi connectivity index (χ1v) is 5.07. The Kier molecular flexibility index (Phi) is 2.47. The molecule has 1 aliphatic rings. The first-order chi connectivity index (χ1) is 5.86. The van der Waals surface area contributed by atoms with E-state index in [1.165, 1.54) is 5.56 Å². The van der Waals surface area contributed by atoms with Crippen LogP contribution in [0.25, 0.3) is 0 Å². The lowest BCUT2D eigenvalue weighted by atomic mass is 10.2. The summed E-state index contributed by atoms with van der Waals surface area (Å²) in [6.07, 6.45) is 1.61. The Balaban J connectivity index is 1.80. The van der Waals surface area contributed by atoms with Gasteiger partial charge in [0, 0.05) is 4.83 Å². The van der Waals surface area contributed by atoms with Gasteiger partial charge in [-0.25, -0.2) is 0 Å². The van der Waals surface area contributed by atoms with Crippen LogP contribution in [0.2, 0.25) is 0 Å². The Morgan fingerprint density at radius 1 is 1.33 bits per heavy atom. The summed E-state index contributed by atoms with van der Waals surface area (Å²) >= 11 is 3.50. The Bertz CT molecular complexity index is 247. The molecule has 0 aromatic heterocycles. The molecule has 1 nitrogen and oxygen atoms in total. The predicted molar refractivity (Wildman–Crippen MR) is 52.4 cm³/mol. The first kappa shape index (κ1) is 8.27. The molecule has 1 aromatic carbocycles. The van der Waals surface area contributed by atoms with Gasteiger partial charge in [0.1, 0.15) is 0 Å². The van der Waals surface area contributed by atoms with E-state index in [4.69, 9.17) is 4.74 Å². The second-order valence-electron chi connectivity index (χ2n) is 3.09. The van der Waals surface area contributed by atoms with E-state index in [1.54, 1.807) is 0 Å². The number of alkyl halides is 1. The van der Waals surface area contributed by atoms with Crippen LogP contribution in [-0.2, 0) is 11.3 Å². The Labute approximate surface area is 80.9 Å². The second kappa shape index (κ2) is 3.58. The van der Waals surface area contributed by atoms with Crippen LogP contribution in [0.4, 0.5) is 0 Å². The van der Waals surface area contributed by atoms with Gasteiger partial charge in [-0.1, -0.05) is 46.3 Å². The number of rotatable bonds is 3. The highest BCUT2D eigenvalue weighted by Gasteiger charge is 2.35. The lowest BCUT2D eigenvalue weighted by Gasteiger charge is -2.01. The Hall–Kier alpha value is -0.340. The van der Waals surface area contributed by atoms with Crippen molar-refractivity contribution < 1.29 is 4.74 Å². The SMILES string of the molecule is BrC1CC1OCc1ccccc1. The van der Waals surface area contributed by atoms with E-state index in [0.29, 0.717) is 10.9 Å². The highest BCUT2D eigenvalue weighted by atomic mass is 79.9. The lowest BCUT2D eigenvalue weighted by Crippen LogP contribution is -1.96. The van der Waals surface area contributed by atoms with Gasteiger partial charge in [-0.05, 0) is 12.0 Å². The summed E-state index contributed by atoms with van der Waals surface area (Å²) in [7, 11) is 0. The Morgan fingerprint density at radius 3 is 2.58 bits per heavy atom. The van der Waals surface area contributed by atoms with Gasteiger partial charge in [0.05, 0.1) is 12.7 Å². The minimum atomic E-state index is 0.449. The van der Waals surface area contributed by atoms with Crippen molar-refractivity contribution in [3.63, 3.8) is 0 Å². The number of benzene rings is 1. The summed E-state index contributed by atoms with van der Waals surface area (Å²) in [5.41, 5.74) is 1.25. The lowest BCUT2D eigenvalue weighted by molar-refractivity contribution is 0.107. The van der Waals surface area contributed by atoms with E-state index in [9.17, 15) is 0 Å². The van der Waals surface area contributed by atoms with E-state index in [-0.39, 0.29) is 0 Å². The van der Waals surface area contributed by atoms with E-state index in [2.05, 4.69) is 28.1 Å². The number of hydrogen-bond donors (Lipinski definition) is 0. The second-order valence-corrected chi connectivity index (χ2v) is 4.26. The smallest absolute Gasteiger partial charge is 0.0721 e. The van der Waals surface area contributed by atoms with Crippen molar-refractivity contribution >= 4 is 15.9 Å². The van der Waals surface area contributed by atoms with Crippen molar-refractivity contribution in [1.29, 1.82) is 0 Å². The molecule has 1 fully saturated rings. The molecule has 1 aromatic rings. The monoisotopic (exact) mass is 226 g/mol. The molecule has 0 amide bonds. The minimum Gasteiger partial charge on any atom is -0.372 e. The van der Waals surface area contributed by atoms with Crippen LogP contribution in [0.15, 0.2) is 30.3 Å². The fraction of sp³-hybridized carbons (Fsp3) is 0.400. The Morgan fingerprint density at radius 2 is 2.00 bits per heavy atom. The van der Waals surface area contributed by atoms with Crippen molar-refractivity contribution in [2.75, 3.05) is 0 Å². The summed E-state index contributed by atoms with van der Waals surface area (Å²) in [6, 6.07) is 10.3. The topological polar surface area (TPSA) is 9.23 Å². The molecule has 0 heterocycles. The third-order valence-corrected chi connectivity index (χ3v) is 2.93. The zero-order chi connectivity index (χ0) is 8.39. The molecule has 0 saturated heterocycles. The summed E-state index contributed by atoms with van der Waals surface area (Å²) in [4.78, 5) is 0.598. The van der Waals surface area contributed by atoms with Gasteiger partial charge in [0.2, 0.25) is 0 Å². The van der Waals surface area contributed by atoms with Gasteiger partial charge >= 0.3 is 0 Å². The third kappa shape index (κ3) is 2.08. The first-order valence-electron chi connectivity index (χ1n) is 4.16. The van der Waals surface area contributed by atoms with Crippen LogP contribution in [0.3, 0.4) is 0 Å². The standard InChI is InChI=1S/C10H11BrO/c11-9-6-10(9)12-7-8-4-2-1-3-5-8/h1-5,9-10H,6-7H2. The van der Waals surface area contributed by atoms with Crippen LogP contribution < -0.4 is 0 Å².